The maximum atomic E-state index is 13.0. The van der Waals surface area contributed by atoms with E-state index in [9.17, 15) is 9.50 Å². The minimum atomic E-state index is -0.633. The summed E-state index contributed by atoms with van der Waals surface area (Å²) < 4.78 is 13.0. The third kappa shape index (κ3) is 3.98. The molecule has 1 unspecified atom stereocenters. The molecule has 1 atom stereocenters. The lowest BCUT2D eigenvalue weighted by molar-refractivity contribution is 0.174. The van der Waals surface area contributed by atoms with Crippen LogP contribution in [0.15, 0.2) is 18.2 Å². The second-order valence-corrected chi connectivity index (χ2v) is 3.78. The van der Waals surface area contributed by atoms with E-state index in [1.165, 1.54) is 12.1 Å². The summed E-state index contributed by atoms with van der Waals surface area (Å²) in [5.74, 6) is -0.292. The van der Waals surface area contributed by atoms with Crippen LogP contribution in [0.2, 0.25) is 0 Å². The van der Waals surface area contributed by atoms with Crippen molar-refractivity contribution in [2.24, 2.45) is 0 Å². The number of rotatable bonds is 5. The summed E-state index contributed by atoms with van der Waals surface area (Å²) in [6.07, 6.45) is 0.389. The Morgan fingerprint density at radius 2 is 2.13 bits per heavy atom. The van der Waals surface area contributed by atoms with E-state index in [-0.39, 0.29) is 5.82 Å². The van der Waals surface area contributed by atoms with E-state index in [0.717, 1.165) is 18.5 Å². The number of benzene rings is 1. The van der Waals surface area contributed by atoms with Crippen LogP contribution < -0.4 is 5.32 Å². The molecule has 2 N–H and O–H groups in total. The van der Waals surface area contributed by atoms with Gasteiger partial charge < -0.3 is 10.4 Å². The monoisotopic (exact) mass is 211 g/mol. The molecule has 0 spiro atoms. The van der Waals surface area contributed by atoms with Crippen LogP contribution in [0.25, 0.3) is 0 Å². The van der Waals surface area contributed by atoms with Crippen molar-refractivity contribution >= 4 is 0 Å². The fourth-order valence-corrected chi connectivity index (χ4v) is 1.49. The van der Waals surface area contributed by atoms with Crippen molar-refractivity contribution < 1.29 is 9.50 Å². The maximum absolute atomic E-state index is 13.0. The lowest BCUT2D eigenvalue weighted by atomic mass is 10.1. The van der Waals surface area contributed by atoms with E-state index in [0.29, 0.717) is 12.1 Å². The van der Waals surface area contributed by atoms with E-state index in [4.69, 9.17) is 0 Å². The van der Waals surface area contributed by atoms with Crippen LogP contribution in [0.4, 0.5) is 4.39 Å². The predicted octanol–water partition coefficient (Wildman–Crippen LogP) is 2.17. The van der Waals surface area contributed by atoms with Gasteiger partial charge in [0.2, 0.25) is 0 Å². The third-order valence-corrected chi connectivity index (χ3v) is 2.21. The molecular formula is C12H18FNO. The molecule has 1 aromatic rings. The molecule has 0 bridgehead atoms. The smallest absolute Gasteiger partial charge is 0.123 e. The number of aliphatic hydroxyl groups is 1. The zero-order valence-corrected chi connectivity index (χ0v) is 9.26. The Hall–Kier alpha value is -0.930. The van der Waals surface area contributed by atoms with Crippen molar-refractivity contribution in [1.82, 2.24) is 5.32 Å². The number of nitrogens with one attached hydrogen (secondary N) is 1. The summed E-state index contributed by atoms with van der Waals surface area (Å²) in [4.78, 5) is 0. The zero-order valence-electron chi connectivity index (χ0n) is 9.26. The normalized spacial score (nSPS) is 12.8. The fourth-order valence-electron chi connectivity index (χ4n) is 1.49. The van der Waals surface area contributed by atoms with Gasteiger partial charge in [0, 0.05) is 6.54 Å². The largest absolute Gasteiger partial charge is 0.387 e. The molecule has 84 valence electrons. The molecular weight excluding hydrogens is 193 g/mol. The Balaban J connectivity index is 2.60. The molecule has 0 aliphatic rings. The number of aryl methyl sites for hydroxylation is 1. The molecule has 1 rings (SSSR count). The molecule has 15 heavy (non-hydrogen) atoms. The van der Waals surface area contributed by atoms with Gasteiger partial charge in [-0.15, -0.1) is 0 Å². The van der Waals surface area contributed by atoms with Crippen molar-refractivity contribution in [1.29, 1.82) is 0 Å². The molecule has 0 heterocycles. The number of aliphatic hydroxyl groups excluding tert-OH is 1. The molecule has 0 saturated heterocycles. The van der Waals surface area contributed by atoms with E-state index in [2.05, 4.69) is 12.2 Å². The van der Waals surface area contributed by atoms with Crippen LogP contribution >= 0.6 is 0 Å². The number of halogens is 1. The number of hydrogen-bond donors (Lipinski definition) is 2. The Morgan fingerprint density at radius 3 is 2.73 bits per heavy atom. The molecule has 0 aliphatic heterocycles. The van der Waals surface area contributed by atoms with E-state index >= 15 is 0 Å². The SMILES string of the molecule is CCCNCC(O)c1cc(C)cc(F)c1. The van der Waals surface area contributed by atoms with Gasteiger partial charge >= 0.3 is 0 Å². The van der Waals surface area contributed by atoms with Crippen molar-refractivity contribution in [3.63, 3.8) is 0 Å². The van der Waals surface area contributed by atoms with Crippen molar-refractivity contribution in [3.05, 3.63) is 35.1 Å². The Labute approximate surface area is 90.1 Å². The van der Waals surface area contributed by atoms with Gasteiger partial charge in [-0.1, -0.05) is 13.0 Å². The highest BCUT2D eigenvalue weighted by molar-refractivity contribution is 5.25. The minimum absolute atomic E-state index is 0.292. The van der Waals surface area contributed by atoms with Gasteiger partial charge in [-0.25, -0.2) is 4.39 Å². The predicted molar refractivity (Wildman–Crippen MR) is 59.3 cm³/mol. The van der Waals surface area contributed by atoms with Crippen LogP contribution in [0, 0.1) is 12.7 Å². The quantitative estimate of drug-likeness (QED) is 0.731. The topological polar surface area (TPSA) is 32.3 Å². The van der Waals surface area contributed by atoms with Crippen LogP contribution in [0.1, 0.15) is 30.6 Å². The highest BCUT2D eigenvalue weighted by Gasteiger charge is 2.08. The highest BCUT2D eigenvalue weighted by atomic mass is 19.1. The second-order valence-electron chi connectivity index (χ2n) is 3.78. The molecule has 0 saturated carbocycles. The first-order valence-electron chi connectivity index (χ1n) is 5.29. The van der Waals surface area contributed by atoms with Gasteiger partial charge in [0.1, 0.15) is 5.82 Å². The molecule has 0 radical (unpaired) electrons. The molecule has 2 nitrogen and oxygen atoms in total. The first kappa shape index (κ1) is 12.1. The lowest BCUT2D eigenvalue weighted by Crippen LogP contribution is -2.22. The number of hydrogen-bond acceptors (Lipinski definition) is 2. The molecule has 1 aromatic carbocycles. The average molecular weight is 211 g/mol. The summed E-state index contributed by atoms with van der Waals surface area (Å²) in [5, 5.41) is 12.9. The first-order chi connectivity index (χ1) is 7.13. The summed E-state index contributed by atoms with van der Waals surface area (Å²) in [5.41, 5.74) is 1.47. The van der Waals surface area contributed by atoms with Gasteiger partial charge in [0.05, 0.1) is 6.10 Å². The Bertz CT molecular complexity index is 294. The third-order valence-electron chi connectivity index (χ3n) is 2.21. The minimum Gasteiger partial charge on any atom is -0.387 e. The van der Waals surface area contributed by atoms with Crippen molar-refractivity contribution in [2.45, 2.75) is 26.4 Å². The fraction of sp³-hybridized carbons (Fsp3) is 0.500. The standard InChI is InChI=1S/C12H18FNO/c1-3-4-14-8-12(15)10-5-9(2)6-11(13)7-10/h5-7,12,14-15H,3-4,8H2,1-2H3. The average Bonchev–Trinajstić information content (AvgIpc) is 2.16. The van der Waals surface area contributed by atoms with Crippen LogP contribution in [0.5, 0.6) is 0 Å². The maximum Gasteiger partial charge on any atom is 0.123 e. The summed E-state index contributed by atoms with van der Waals surface area (Å²) in [6.45, 7) is 5.21. The van der Waals surface area contributed by atoms with Gasteiger partial charge in [-0.3, -0.25) is 0 Å². The highest BCUT2D eigenvalue weighted by Crippen LogP contribution is 2.15. The second kappa shape index (κ2) is 5.83. The van der Waals surface area contributed by atoms with E-state index in [1.54, 1.807) is 6.07 Å². The summed E-state index contributed by atoms with van der Waals surface area (Å²) in [6, 6.07) is 4.64. The van der Waals surface area contributed by atoms with E-state index in [1.807, 2.05) is 6.92 Å². The summed E-state index contributed by atoms with van der Waals surface area (Å²) >= 11 is 0. The van der Waals surface area contributed by atoms with Gasteiger partial charge in [0.25, 0.3) is 0 Å². The Kier molecular flexibility index (Phi) is 4.72. The van der Waals surface area contributed by atoms with Gasteiger partial charge in [-0.2, -0.15) is 0 Å². The molecule has 0 fully saturated rings. The molecule has 0 aliphatic carbocycles. The summed E-state index contributed by atoms with van der Waals surface area (Å²) in [7, 11) is 0. The van der Waals surface area contributed by atoms with Gasteiger partial charge in [-0.05, 0) is 43.1 Å². The molecule has 3 heteroatoms. The van der Waals surface area contributed by atoms with Crippen molar-refractivity contribution in [3.8, 4) is 0 Å². The van der Waals surface area contributed by atoms with E-state index < -0.39 is 6.10 Å². The zero-order chi connectivity index (χ0) is 11.3. The van der Waals surface area contributed by atoms with Crippen LogP contribution in [-0.2, 0) is 0 Å². The van der Waals surface area contributed by atoms with Crippen molar-refractivity contribution in [2.75, 3.05) is 13.1 Å². The Morgan fingerprint density at radius 1 is 1.40 bits per heavy atom. The molecule has 0 aromatic heterocycles. The first-order valence-corrected chi connectivity index (χ1v) is 5.29. The van der Waals surface area contributed by atoms with Gasteiger partial charge in [0.15, 0.2) is 0 Å². The van der Waals surface area contributed by atoms with Crippen LogP contribution in [-0.4, -0.2) is 18.2 Å². The van der Waals surface area contributed by atoms with Crippen LogP contribution in [0.3, 0.4) is 0 Å². The molecule has 0 amide bonds. The lowest BCUT2D eigenvalue weighted by Gasteiger charge is -2.12.